The number of halogens is 3. The van der Waals surface area contributed by atoms with Crippen LogP contribution in [0.1, 0.15) is 117 Å². The number of hydrogen-bond donors (Lipinski definition) is 0. The fraction of sp³-hybridized carbons (Fsp3) is 0.567. The van der Waals surface area contributed by atoms with Crippen LogP contribution < -0.4 is 0 Å². The lowest BCUT2D eigenvalue weighted by Crippen LogP contribution is -2.25. The van der Waals surface area contributed by atoms with Crippen molar-refractivity contribution >= 4 is 5.97 Å². The van der Waals surface area contributed by atoms with Gasteiger partial charge in [0.15, 0.2) is 11.6 Å². The first-order valence-electron chi connectivity index (χ1n) is 13.4. The predicted molar refractivity (Wildman–Crippen MR) is 132 cm³/mol. The first-order valence-corrected chi connectivity index (χ1v) is 13.4. The van der Waals surface area contributed by atoms with E-state index >= 15 is 0 Å². The normalized spacial score (nSPS) is 24.8. The zero-order valence-electron chi connectivity index (χ0n) is 20.9. The van der Waals surface area contributed by atoms with Crippen LogP contribution in [0.2, 0.25) is 0 Å². The number of carbonyl (C=O) groups excluding carboxylic acids is 1. The fourth-order valence-corrected chi connectivity index (χ4v) is 6.04. The second-order valence-corrected chi connectivity index (χ2v) is 10.4. The highest BCUT2D eigenvalue weighted by Gasteiger charge is 2.30. The Labute approximate surface area is 207 Å². The van der Waals surface area contributed by atoms with Gasteiger partial charge >= 0.3 is 5.97 Å². The number of benzene rings is 2. The molecule has 2 fully saturated rings. The maximum absolute atomic E-state index is 14.9. The summed E-state index contributed by atoms with van der Waals surface area (Å²) in [4.78, 5) is 12.7. The van der Waals surface area contributed by atoms with E-state index < -0.39 is 17.6 Å². The second-order valence-electron chi connectivity index (χ2n) is 10.4. The van der Waals surface area contributed by atoms with Crippen molar-refractivity contribution in [2.75, 3.05) is 0 Å². The van der Waals surface area contributed by atoms with Crippen LogP contribution >= 0.6 is 0 Å². The molecule has 0 atom stereocenters. The van der Waals surface area contributed by atoms with Crippen LogP contribution in [-0.4, -0.2) is 12.1 Å². The average molecular weight is 487 g/mol. The standard InChI is InChI=1S/C30H37F3O2/c1-3-5-19-6-8-22(9-7-19)25-16-17-26(29(33)28(25)32)30(34)35-24-14-12-21(13-15-24)23-11-10-20(4-2)27(31)18-23/h10-11,16-19,21-22,24H,3-9,12-15H2,1-2H3. The second kappa shape index (κ2) is 11.6. The van der Waals surface area contributed by atoms with Crippen LogP contribution in [0.3, 0.4) is 0 Å². The molecule has 0 amide bonds. The van der Waals surface area contributed by atoms with Crippen molar-refractivity contribution in [3.63, 3.8) is 0 Å². The fourth-order valence-electron chi connectivity index (χ4n) is 6.04. The Hall–Kier alpha value is -2.30. The van der Waals surface area contributed by atoms with Crippen LogP contribution in [-0.2, 0) is 11.2 Å². The number of aryl methyl sites for hydroxylation is 1. The van der Waals surface area contributed by atoms with E-state index in [0.717, 1.165) is 50.5 Å². The monoisotopic (exact) mass is 486 g/mol. The van der Waals surface area contributed by atoms with Gasteiger partial charge in [0, 0.05) is 0 Å². The zero-order chi connectivity index (χ0) is 24.9. The molecule has 0 bridgehead atoms. The summed E-state index contributed by atoms with van der Waals surface area (Å²) < 4.78 is 49.6. The van der Waals surface area contributed by atoms with Crippen molar-refractivity contribution in [3.05, 3.63) is 70.0 Å². The zero-order valence-corrected chi connectivity index (χ0v) is 20.9. The van der Waals surface area contributed by atoms with Gasteiger partial charge in [-0.3, -0.25) is 0 Å². The Morgan fingerprint density at radius 3 is 2.17 bits per heavy atom. The van der Waals surface area contributed by atoms with Crippen molar-refractivity contribution in [1.82, 2.24) is 0 Å². The predicted octanol–water partition coefficient (Wildman–Crippen LogP) is 8.62. The smallest absolute Gasteiger partial charge is 0.341 e. The van der Waals surface area contributed by atoms with E-state index in [9.17, 15) is 18.0 Å². The molecule has 2 nitrogen and oxygen atoms in total. The molecule has 0 saturated heterocycles. The minimum Gasteiger partial charge on any atom is -0.459 e. The van der Waals surface area contributed by atoms with Gasteiger partial charge in [-0.2, -0.15) is 0 Å². The molecule has 2 aromatic rings. The Morgan fingerprint density at radius 2 is 1.54 bits per heavy atom. The Morgan fingerprint density at radius 1 is 0.857 bits per heavy atom. The molecule has 35 heavy (non-hydrogen) atoms. The molecule has 0 spiro atoms. The van der Waals surface area contributed by atoms with Gasteiger partial charge in [0.1, 0.15) is 11.9 Å². The molecule has 2 aliphatic rings. The molecule has 0 heterocycles. The third kappa shape index (κ3) is 5.92. The van der Waals surface area contributed by atoms with Gasteiger partial charge in [-0.1, -0.05) is 44.9 Å². The lowest BCUT2D eigenvalue weighted by Gasteiger charge is -2.29. The molecule has 0 radical (unpaired) electrons. The van der Waals surface area contributed by atoms with E-state index in [-0.39, 0.29) is 29.3 Å². The van der Waals surface area contributed by atoms with Crippen LogP contribution in [0.25, 0.3) is 0 Å². The summed E-state index contributed by atoms with van der Waals surface area (Å²) in [6, 6.07) is 8.40. The van der Waals surface area contributed by atoms with Crippen molar-refractivity contribution in [2.45, 2.75) is 102 Å². The van der Waals surface area contributed by atoms with Crippen LogP contribution in [0.4, 0.5) is 13.2 Å². The molecule has 190 valence electrons. The SMILES string of the molecule is CCCC1CCC(c2ccc(C(=O)OC3CCC(c4ccc(CC)c(F)c4)CC3)c(F)c2F)CC1. The Bertz CT molecular complexity index is 1020. The molecule has 2 aliphatic carbocycles. The van der Waals surface area contributed by atoms with Gasteiger partial charge in [-0.15, -0.1) is 0 Å². The van der Waals surface area contributed by atoms with Gasteiger partial charge in [-0.05, 0) is 104 Å². The molecule has 2 saturated carbocycles. The van der Waals surface area contributed by atoms with Crippen LogP contribution in [0.15, 0.2) is 30.3 Å². The summed E-state index contributed by atoms with van der Waals surface area (Å²) in [5, 5.41) is 0. The quantitative estimate of drug-likeness (QED) is 0.366. The highest BCUT2D eigenvalue weighted by atomic mass is 19.2. The number of rotatable bonds is 7. The summed E-state index contributed by atoms with van der Waals surface area (Å²) in [6.45, 7) is 4.11. The van der Waals surface area contributed by atoms with E-state index in [0.29, 0.717) is 36.3 Å². The van der Waals surface area contributed by atoms with Gasteiger partial charge in [-0.25, -0.2) is 18.0 Å². The summed E-state index contributed by atoms with van der Waals surface area (Å²) in [5.74, 6) is -2.07. The number of ether oxygens (including phenoxy) is 1. The van der Waals surface area contributed by atoms with Crippen LogP contribution in [0.5, 0.6) is 0 Å². The lowest BCUT2D eigenvalue weighted by molar-refractivity contribution is 0.0189. The van der Waals surface area contributed by atoms with Gasteiger partial charge in [0.2, 0.25) is 0 Å². The largest absolute Gasteiger partial charge is 0.459 e. The van der Waals surface area contributed by atoms with E-state index in [4.69, 9.17) is 4.74 Å². The summed E-state index contributed by atoms with van der Waals surface area (Å²) in [5.41, 5.74) is 1.74. The maximum Gasteiger partial charge on any atom is 0.341 e. The molecule has 2 aromatic carbocycles. The maximum atomic E-state index is 14.9. The Balaban J connectivity index is 1.34. The molecule has 5 heteroatoms. The van der Waals surface area contributed by atoms with Crippen molar-refractivity contribution in [2.24, 2.45) is 5.92 Å². The molecule has 0 aliphatic heterocycles. The minimum atomic E-state index is -1.09. The van der Waals surface area contributed by atoms with Gasteiger partial charge in [0.25, 0.3) is 0 Å². The summed E-state index contributed by atoms with van der Waals surface area (Å²) in [7, 11) is 0. The van der Waals surface area contributed by atoms with E-state index in [1.165, 1.54) is 12.5 Å². The van der Waals surface area contributed by atoms with Gasteiger partial charge < -0.3 is 4.74 Å². The number of hydrogen-bond acceptors (Lipinski definition) is 2. The molecule has 0 N–H and O–H groups in total. The lowest BCUT2D eigenvalue weighted by atomic mass is 9.77. The molecular formula is C30H37F3O2. The number of esters is 1. The topological polar surface area (TPSA) is 26.3 Å². The van der Waals surface area contributed by atoms with E-state index in [2.05, 4.69) is 6.92 Å². The summed E-state index contributed by atoms with van der Waals surface area (Å²) in [6.07, 6.45) is 9.24. The summed E-state index contributed by atoms with van der Waals surface area (Å²) >= 11 is 0. The van der Waals surface area contributed by atoms with Crippen molar-refractivity contribution < 1.29 is 22.7 Å². The molecule has 4 rings (SSSR count). The Kier molecular flexibility index (Phi) is 8.56. The highest BCUT2D eigenvalue weighted by molar-refractivity contribution is 5.90. The van der Waals surface area contributed by atoms with Crippen molar-refractivity contribution in [1.29, 1.82) is 0 Å². The average Bonchev–Trinajstić information content (AvgIpc) is 2.87. The van der Waals surface area contributed by atoms with Gasteiger partial charge in [0.05, 0.1) is 5.56 Å². The van der Waals surface area contributed by atoms with Crippen molar-refractivity contribution in [3.8, 4) is 0 Å². The first kappa shape index (κ1) is 25.8. The van der Waals surface area contributed by atoms with E-state index in [1.54, 1.807) is 12.1 Å². The molecular weight excluding hydrogens is 449 g/mol. The third-order valence-electron chi connectivity index (χ3n) is 8.19. The van der Waals surface area contributed by atoms with E-state index in [1.807, 2.05) is 19.1 Å². The third-order valence-corrected chi connectivity index (χ3v) is 8.19. The molecule has 0 unspecified atom stereocenters. The highest BCUT2D eigenvalue weighted by Crippen LogP contribution is 2.39. The minimum absolute atomic E-state index is 0.00850. The number of carbonyl (C=O) groups is 1. The van der Waals surface area contributed by atoms with Crippen LogP contribution in [0, 0.1) is 23.4 Å². The molecule has 0 aromatic heterocycles. The first-order chi connectivity index (χ1) is 16.9.